The SMILES string of the molecule is COC(=O)[C@H](Cc1ccccc1)NC(=O)C[C@H](NCCCc1ccc(OC)c(O)c1)C(=O)O. The molecular weight excluding hydrogens is 428 g/mol. The molecule has 0 bridgehead atoms. The van der Waals surface area contributed by atoms with E-state index in [4.69, 9.17) is 9.47 Å². The number of hydrogen-bond donors (Lipinski definition) is 4. The summed E-state index contributed by atoms with van der Waals surface area (Å²) in [6.07, 6.45) is 1.10. The number of ether oxygens (including phenoxy) is 2. The summed E-state index contributed by atoms with van der Waals surface area (Å²) >= 11 is 0. The highest BCUT2D eigenvalue weighted by Gasteiger charge is 2.26. The van der Waals surface area contributed by atoms with E-state index < -0.39 is 29.9 Å². The van der Waals surface area contributed by atoms with E-state index in [0.29, 0.717) is 25.1 Å². The van der Waals surface area contributed by atoms with Crippen LogP contribution in [0.1, 0.15) is 24.0 Å². The van der Waals surface area contributed by atoms with E-state index in [-0.39, 0.29) is 18.6 Å². The van der Waals surface area contributed by atoms with Gasteiger partial charge in [-0.2, -0.15) is 0 Å². The molecule has 0 spiro atoms. The molecule has 2 rings (SSSR count). The lowest BCUT2D eigenvalue weighted by Crippen LogP contribution is -2.47. The minimum Gasteiger partial charge on any atom is -0.504 e. The summed E-state index contributed by atoms with van der Waals surface area (Å²) in [6.45, 7) is 0.349. The Labute approximate surface area is 192 Å². The second kappa shape index (κ2) is 13.1. The number of benzene rings is 2. The van der Waals surface area contributed by atoms with Crippen LogP contribution in [0.15, 0.2) is 48.5 Å². The molecule has 0 unspecified atom stereocenters. The van der Waals surface area contributed by atoms with Gasteiger partial charge >= 0.3 is 11.9 Å². The van der Waals surface area contributed by atoms with Crippen molar-refractivity contribution >= 4 is 17.8 Å². The first-order chi connectivity index (χ1) is 15.8. The third-order valence-corrected chi connectivity index (χ3v) is 5.07. The number of methoxy groups -OCH3 is 2. The number of nitrogens with one attached hydrogen (secondary N) is 2. The molecule has 33 heavy (non-hydrogen) atoms. The van der Waals surface area contributed by atoms with Gasteiger partial charge in [0.1, 0.15) is 12.1 Å². The molecule has 178 valence electrons. The summed E-state index contributed by atoms with van der Waals surface area (Å²) < 4.78 is 9.78. The van der Waals surface area contributed by atoms with Gasteiger partial charge in [0.2, 0.25) is 5.91 Å². The molecule has 9 nitrogen and oxygen atoms in total. The molecule has 2 atom stereocenters. The molecule has 2 aromatic rings. The third kappa shape index (κ3) is 8.46. The number of amides is 1. The van der Waals surface area contributed by atoms with E-state index in [0.717, 1.165) is 11.1 Å². The highest BCUT2D eigenvalue weighted by Crippen LogP contribution is 2.26. The van der Waals surface area contributed by atoms with Crippen LogP contribution in [-0.2, 0) is 32.0 Å². The molecule has 0 heterocycles. The maximum Gasteiger partial charge on any atom is 0.328 e. The molecule has 9 heteroatoms. The van der Waals surface area contributed by atoms with Crippen LogP contribution in [0.3, 0.4) is 0 Å². The van der Waals surface area contributed by atoms with Crippen LogP contribution in [0, 0.1) is 0 Å². The van der Waals surface area contributed by atoms with Crippen molar-refractivity contribution < 1.29 is 34.1 Å². The summed E-state index contributed by atoms with van der Waals surface area (Å²) in [4.78, 5) is 36.2. The number of esters is 1. The van der Waals surface area contributed by atoms with Crippen LogP contribution in [0.2, 0.25) is 0 Å². The van der Waals surface area contributed by atoms with Crippen molar-refractivity contribution in [2.75, 3.05) is 20.8 Å². The van der Waals surface area contributed by atoms with Gasteiger partial charge in [0, 0.05) is 6.42 Å². The summed E-state index contributed by atoms with van der Waals surface area (Å²) in [5, 5.41) is 24.7. The minimum atomic E-state index is -1.16. The van der Waals surface area contributed by atoms with Crippen molar-refractivity contribution in [3.05, 3.63) is 59.7 Å². The predicted octanol–water partition coefficient (Wildman–Crippen LogP) is 1.67. The number of aromatic hydroxyl groups is 1. The molecule has 0 saturated carbocycles. The van der Waals surface area contributed by atoms with Crippen LogP contribution < -0.4 is 15.4 Å². The van der Waals surface area contributed by atoms with E-state index in [2.05, 4.69) is 10.6 Å². The molecule has 1 amide bonds. The summed E-state index contributed by atoms with van der Waals surface area (Å²) in [7, 11) is 2.70. The lowest BCUT2D eigenvalue weighted by molar-refractivity contribution is -0.145. The van der Waals surface area contributed by atoms with Crippen molar-refractivity contribution in [2.45, 2.75) is 37.8 Å². The maximum atomic E-state index is 12.5. The number of phenolic OH excluding ortho intramolecular Hbond substituents is 1. The number of carbonyl (C=O) groups is 3. The first-order valence-corrected chi connectivity index (χ1v) is 10.6. The first-order valence-electron chi connectivity index (χ1n) is 10.6. The fourth-order valence-electron chi connectivity index (χ4n) is 3.33. The summed E-state index contributed by atoms with van der Waals surface area (Å²) in [5.41, 5.74) is 1.72. The Morgan fingerprint density at radius 3 is 2.33 bits per heavy atom. The number of aryl methyl sites for hydroxylation is 1. The summed E-state index contributed by atoms with van der Waals surface area (Å²) in [5.74, 6) is -1.91. The highest BCUT2D eigenvalue weighted by atomic mass is 16.5. The van der Waals surface area contributed by atoms with Gasteiger partial charge in [-0.15, -0.1) is 0 Å². The van der Waals surface area contributed by atoms with Crippen LogP contribution >= 0.6 is 0 Å². The van der Waals surface area contributed by atoms with E-state index in [1.807, 2.05) is 36.4 Å². The monoisotopic (exact) mass is 458 g/mol. The van der Waals surface area contributed by atoms with Crippen LogP contribution in [0.25, 0.3) is 0 Å². The van der Waals surface area contributed by atoms with Gasteiger partial charge < -0.3 is 30.3 Å². The Morgan fingerprint density at radius 1 is 1.00 bits per heavy atom. The molecule has 0 aliphatic carbocycles. The Balaban J connectivity index is 1.86. The Kier molecular flexibility index (Phi) is 10.2. The van der Waals surface area contributed by atoms with Crippen molar-refractivity contribution in [1.29, 1.82) is 0 Å². The zero-order valence-electron chi connectivity index (χ0n) is 18.7. The molecule has 0 radical (unpaired) electrons. The average Bonchev–Trinajstić information content (AvgIpc) is 2.80. The minimum absolute atomic E-state index is 0.0405. The molecular formula is C24H30N2O7. The van der Waals surface area contributed by atoms with Gasteiger partial charge in [0.25, 0.3) is 0 Å². The normalized spacial score (nSPS) is 12.4. The number of carboxylic acid groups (broad SMARTS) is 1. The maximum absolute atomic E-state index is 12.5. The third-order valence-electron chi connectivity index (χ3n) is 5.07. The van der Waals surface area contributed by atoms with Gasteiger partial charge in [-0.3, -0.25) is 9.59 Å². The van der Waals surface area contributed by atoms with E-state index in [9.17, 15) is 24.6 Å². The largest absolute Gasteiger partial charge is 0.504 e. The molecule has 0 aliphatic heterocycles. The Morgan fingerprint density at radius 2 is 1.73 bits per heavy atom. The Hall–Kier alpha value is -3.59. The molecule has 4 N–H and O–H groups in total. The number of carboxylic acids is 1. The van der Waals surface area contributed by atoms with E-state index >= 15 is 0 Å². The number of phenols is 1. The second-order valence-electron chi connectivity index (χ2n) is 7.49. The topological polar surface area (TPSA) is 134 Å². The van der Waals surface area contributed by atoms with Gasteiger partial charge in [-0.1, -0.05) is 36.4 Å². The lowest BCUT2D eigenvalue weighted by Gasteiger charge is -2.19. The summed E-state index contributed by atoms with van der Waals surface area (Å²) in [6, 6.07) is 12.2. The van der Waals surface area contributed by atoms with Crippen molar-refractivity contribution in [1.82, 2.24) is 10.6 Å². The zero-order chi connectivity index (χ0) is 24.2. The zero-order valence-corrected chi connectivity index (χ0v) is 18.7. The molecule has 0 aromatic heterocycles. The Bertz CT molecular complexity index is 934. The number of carbonyl (C=O) groups excluding carboxylic acids is 2. The van der Waals surface area contributed by atoms with Gasteiger partial charge in [-0.05, 0) is 42.6 Å². The molecule has 2 aromatic carbocycles. The first kappa shape index (κ1) is 25.7. The average molecular weight is 459 g/mol. The second-order valence-corrected chi connectivity index (χ2v) is 7.49. The van der Waals surface area contributed by atoms with Crippen molar-refractivity contribution in [2.24, 2.45) is 0 Å². The molecule has 0 aliphatic rings. The van der Waals surface area contributed by atoms with Crippen molar-refractivity contribution in [3.8, 4) is 11.5 Å². The van der Waals surface area contributed by atoms with Crippen LogP contribution in [0.4, 0.5) is 0 Å². The quantitative estimate of drug-likeness (QED) is 0.263. The standard InChI is InChI=1S/C24H30N2O7/c1-32-21-11-10-17(14-20(21)27)9-6-12-25-18(23(29)30)15-22(28)26-19(24(31)33-2)13-16-7-4-3-5-8-16/h3-5,7-8,10-11,14,18-19,25,27H,6,9,12-13,15H2,1-2H3,(H,26,28)(H,29,30)/t18-,19-/m0/s1. The molecule has 0 fully saturated rings. The van der Waals surface area contributed by atoms with Gasteiger partial charge in [0.15, 0.2) is 11.5 Å². The predicted molar refractivity (Wildman–Crippen MR) is 121 cm³/mol. The van der Waals surface area contributed by atoms with E-state index in [1.165, 1.54) is 14.2 Å². The fourth-order valence-corrected chi connectivity index (χ4v) is 3.33. The lowest BCUT2D eigenvalue weighted by atomic mass is 10.1. The van der Waals surface area contributed by atoms with Gasteiger partial charge in [0.05, 0.1) is 20.6 Å². The number of aliphatic carboxylic acids is 1. The molecule has 0 saturated heterocycles. The van der Waals surface area contributed by atoms with E-state index in [1.54, 1.807) is 12.1 Å². The number of rotatable bonds is 13. The van der Waals surface area contributed by atoms with Crippen LogP contribution in [-0.4, -0.2) is 60.9 Å². The van der Waals surface area contributed by atoms with Gasteiger partial charge in [-0.25, -0.2) is 4.79 Å². The fraction of sp³-hybridized carbons (Fsp3) is 0.375. The highest BCUT2D eigenvalue weighted by molar-refractivity contribution is 5.88. The van der Waals surface area contributed by atoms with Crippen LogP contribution in [0.5, 0.6) is 11.5 Å². The smallest absolute Gasteiger partial charge is 0.328 e. The van der Waals surface area contributed by atoms with Crippen molar-refractivity contribution in [3.63, 3.8) is 0 Å². The number of hydrogen-bond acceptors (Lipinski definition) is 7.